The number of benzene rings is 1. The molecule has 2 nitrogen and oxygen atoms in total. The van der Waals surface area contributed by atoms with Crippen LogP contribution < -0.4 is 5.73 Å². The second-order valence-corrected chi connectivity index (χ2v) is 6.61. The van der Waals surface area contributed by atoms with E-state index in [0.717, 1.165) is 36.0 Å². The van der Waals surface area contributed by atoms with Gasteiger partial charge in [0.25, 0.3) is 0 Å². The summed E-state index contributed by atoms with van der Waals surface area (Å²) in [6, 6.07) is 5.92. The minimum atomic E-state index is -0.121. The van der Waals surface area contributed by atoms with Crippen LogP contribution in [-0.4, -0.2) is 30.1 Å². The standard InChI is InChI=1S/C15H22BrFN2/c1-10(19-6-5-13(9-19)11(2)18)7-12-3-4-14(16)8-15(12)17/h3-4,8,10-11,13H,5-7,9,18H2,1-2H3/t10-,11-,13-/m0/s1. The number of hydrogen-bond donors (Lipinski definition) is 1. The lowest BCUT2D eigenvalue weighted by Crippen LogP contribution is -2.35. The van der Waals surface area contributed by atoms with E-state index in [0.29, 0.717) is 12.0 Å². The highest BCUT2D eigenvalue weighted by molar-refractivity contribution is 9.10. The third-order valence-electron chi connectivity index (χ3n) is 4.15. The van der Waals surface area contributed by atoms with Gasteiger partial charge in [-0.1, -0.05) is 22.0 Å². The zero-order valence-electron chi connectivity index (χ0n) is 11.6. The van der Waals surface area contributed by atoms with Crippen LogP contribution in [0, 0.1) is 11.7 Å². The highest BCUT2D eigenvalue weighted by Crippen LogP contribution is 2.23. The summed E-state index contributed by atoms with van der Waals surface area (Å²) in [6.07, 6.45) is 1.91. The predicted molar refractivity (Wildman–Crippen MR) is 80.6 cm³/mol. The Balaban J connectivity index is 1.96. The Labute approximate surface area is 123 Å². The van der Waals surface area contributed by atoms with Gasteiger partial charge in [0.2, 0.25) is 0 Å². The maximum absolute atomic E-state index is 13.8. The monoisotopic (exact) mass is 328 g/mol. The summed E-state index contributed by atoms with van der Waals surface area (Å²) >= 11 is 3.29. The van der Waals surface area contributed by atoms with Crippen LogP contribution in [0.5, 0.6) is 0 Å². The quantitative estimate of drug-likeness (QED) is 0.919. The van der Waals surface area contributed by atoms with Crippen molar-refractivity contribution in [2.75, 3.05) is 13.1 Å². The van der Waals surface area contributed by atoms with E-state index in [2.05, 4.69) is 34.7 Å². The van der Waals surface area contributed by atoms with Crippen LogP contribution in [-0.2, 0) is 6.42 Å². The van der Waals surface area contributed by atoms with Crippen molar-refractivity contribution in [1.29, 1.82) is 0 Å². The number of nitrogens with zero attached hydrogens (tertiary/aromatic N) is 1. The van der Waals surface area contributed by atoms with Crippen LogP contribution in [0.25, 0.3) is 0 Å². The summed E-state index contributed by atoms with van der Waals surface area (Å²) in [6.45, 7) is 6.36. The van der Waals surface area contributed by atoms with Gasteiger partial charge >= 0.3 is 0 Å². The molecule has 106 valence electrons. The van der Waals surface area contributed by atoms with Crippen LogP contribution in [0.3, 0.4) is 0 Å². The minimum absolute atomic E-state index is 0.121. The van der Waals surface area contributed by atoms with E-state index in [1.54, 1.807) is 0 Å². The molecule has 0 bridgehead atoms. The third kappa shape index (κ3) is 3.77. The summed E-state index contributed by atoms with van der Waals surface area (Å²) in [5.74, 6) is 0.460. The molecule has 19 heavy (non-hydrogen) atoms. The van der Waals surface area contributed by atoms with Crippen LogP contribution >= 0.6 is 15.9 Å². The maximum Gasteiger partial charge on any atom is 0.127 e. The fraction of sp³-hybridized carbons (Fsp3) is 0.600. The van der Waals surface area contributed by atoms with E-state index in [1.807, 2.05) is 12.1 Å². The molecule has 3 atom stereocenters. The maximum atomic E-state index is 13.8. The van der Waals surface area contributed by atoms with E-state index in [1.165, 1.54) is 6.07 Å². The molecule has 1 aliphatic heterocycles. The molecular weight excluding hydrogens is 307 g/mol. The first-order valence-corrected chi connectivity index (χ1v) is 7.70. The molecule has 0 aliphatic carbocycles. The molecule has 2 rings (SSSR count). The molecule has 0 saturated carbocycles. The highest BCUT2D eigenvalue weighted by Gasteiger charge is 2.28. The molecule has 1 fully saturated rings. The van der Waals surface area contributed by atoms with Crippen molar-refractivity contribution in [1.82, 2.24) is 4.90 Å². The molecule has 0 unspecified atom stereocenters. The molecule has 1 aromatic rings. The zero-order chi connectivity index (χ0) is 14.0. The van der Waals surface area contributed by atoms with E-state index in [4.69, 9.17) is 5.73 Å². The largest absolute Gasteiger partial charge is 0.328 e. The van der Waals surface area contributed by atoms with Crippen LogP contribution in [0.15, 0.2) is 22.7 Å². The first-order chi connectivity index (χ1) is 8.97. The van der Waals surface area contributed by atoms with Gasteiger partial charge in [-0.15, -0.1) is 0 Å². The third-order valence-corrected chi connectivity index (χ3v) is 4.65. The summed E-state index contributed by atoms with van der Waals surface area (Å²) < 4.78 is 14.6. The summed E-state index contributed by atoms with van der Waals surface area (Å²) in [4.78, 5) is 2.43. The van der Waals surface area contributed by atoms with Crippen molar-refractivity contribution in [3.8, 4) is 0 Å². The van der Waals surface area contributed by atoms with E-state index in [-0.39, 0.29) is 11.9 Å². The molecule has 1 saturated heterocycles. The van der Waals surface area contributed by atoms with Gasteiger partial charge in [-0.2, -0.15) is 0 Å². The summed E-state index contributed by atoms with van der Waals surface area (Å²) in [7, 11) is 0. The van der Waals surface area contributed by atoms with Crippen molar-refractivity contribution >= 4 is 15.9 Å². The van der Waals surface area contributed by atoms with Gasteiger partial charge in [0, 0.05) is 23.1 Å². The molecule has 0 amide bonds. The molecule has 0 aromatic heterocycles. The van der Waals surface area contributed by atoms with Crippen LogP contribution in [0.4, 0.5) is 4.39 Å². The van der Waals surface area contributed by atoms with Gasteiger partial charge in [-0.3, -0.25) is 4.90 Å². The molecule has 2 N–H and O–H groups in total. The summed E-state index contributed by atoms with van der Waals surface area (Å²) in [5.41, 5.74) is 6.75. The Hall–Kier alpha value is -0.450. The molecule has 1 heterocycles. The first kappa shape index (κ1) is 14.9. The molecule has 4 heteroatoms. The minimum Gasteiger partial charge on any atom is -0.328 e. The number of halogens is 2. The Bertz CT molecular complexity index is 436. The lowest BCUT2D eigenvalue weighted by atomic mass is 10.0. The van der Waals surface area contributed by atoms with E-state index < -0.39 is 0 Å². The van der Waals surface area contributed by atoms with E-state index >= 15 is 0 Å². The second kappa shape index (κ2) is 6.33. The molecule has 0 radical (unpaired) electrons. The zero-order valence-corrected chi connectivity index (χ0v) is 13.2. The Morgan fingerprint density at radius 2 is 2.21 bits per heavy atom. The van der Waals surface area contributed by atoms with Crippen molar-refractivity contribution in [2.24, 2.45) is 11.7 Å². The van der Waals surface area contributed by atoms with Gasteiger partial charge < -0.3 is 5.73 Å². The average molecular weight is 329 g/mol. The van der Waals surface area contributed by atoms with Gasteiger partial charge in [0.1, 0.15) is 5.82 Å². The SMILES string of the molecule is C[C@H](N)[C@H]1CCN([C@@H](C)Cc2ccc(Br)cc2F)C1. The summed E-state index contributed by atoms with van der Waals surface area (Å²) in [5, 5.41) is 0. The van der Waals surface area contributed by atoms with Crippen molar-refractivity contribution in [2.45, 2.75) is 38.8 Å². The average Bonchev–Trinajstić information content (AvgIpc) is 2.82. The van der Waals surface area contributed by atoms with Gasteiger partial charge in [-0.05, 0) is 56.8 Å². The fourth-order valence-electron chi connectivity index (χ4n) is 2.78. The second-order valence-electron chi connectivity index (χ2n) is 5.69. The smallest absolute Gasteiger partial charge is 0.127 e. The lowest BCUT2D eigenvalue weighted by molar-refractivity contribution is 0.242. The van der Waals surface area contributed by atoms with Crippen LogP contribution in [0.1, 0.15) is 25.8 Å². The molecular formula is C15H22BrFN2. The number of likely N-dealkylation sites (tertiary alicyclic amines) is 1. The molecule has 1 aromatic carbocycles. The fourth-order valence-corrected chi connectivity index (χ4v) is 3.11. The number of hydrogen-bond acceptors (Lipinski definition) is 2. The van der Waals surface area contributed by atoms with Crippen molar-refractivity contribution < 1.29 is 4.39 Å². The normalized spacial score (nSPS) is 23.5. The van der Waals surface area contributed by atoms with Gasteiger partial charge in [0.05, 0.1) is 0 Å². The molecule has 0 spiro atoms. The Kier molecular flexibility index (Phi) is 4.98. The topological polar surface area (TPSA) is 29.3 Å². The Morgan fingerprint density at radius 1 is 1.47 bits per heavy atom. The van der Waals surface area contributed by atoms with Crippen molar-refractivity contribution in [3.63, 3.8) is 0 Å². The van der Waals surface area contributed by atoms with E-state index in [9.17, 15) is 4.39 Å². The van der Waals surface area contributed by atoms with Gasteiger partial charge in [-0.25, -0.2) is 4.39 Å². The Morgan fingerprint density at radius 3 is 2.79 bits per heavy atom. The van der Waals surface area contributed by atoms with Crippen molar-refractivity contribution in [3.05, 3.63) is 34.1 Å². The number of nitrogens with two attached hydrogens (primary N) is 1. The highest BCUT2D eigenvalue weighted by atomic mass is 79.9. The lowest BCUT2D eigenvalue weighted by Gasteiger charge is -2.25. The molecule has 1 aliphatic rings. The van der Waals surface area contributed by atoms with Crippen LogP contribution in [0.2, 0.25) is 0 Å². The number of rotatable bonds is 4. The van der Waals surface area contributed by atoms with Gasteiger partial charge in [0.15, 0.2) is 0 Å². The first-order valence-electron chi connectivity index (χ1n) is 6.91. The predicted octanol–water partition coefficient (Wildman–Crippen LogP) is 3.19.